The van der Waals surface area contributed by atoms with Crippen molar-refractivity contribution < 1.29 is 24.2 Å². The monoisotopic (exact) mass is 393 g/mol. The van der Waals surface area contributed by atoms with E-state index in [0.717, 1.165) is 25.7 Å². The average Bonchev–Trinajstić information content (AvgIpc) is 3.02. The summed E-state index contributed by atoms with van der Waals surface area (Å²) in [4.78, 5) is 25.6. The molecule has 0 bridgehead atoms. The summed E-state index contributed by atoms with van der Waals surface area (Å²) in [5, 5.41) is 9.98. The van der Waals surface area contributed by atoms with Crippen molar-refractivity contribution in [1.29, 1.82) is 0 Å². The highest BCUT2D eigenvalue weighted by Crippen LogP contribution is 2.35. The third-order valence-electron chi connectivity index (χ3n) is 5.23. The number of aliphatic carboxylic acids is 1. The summed E-state index contributed by atoms with van der Waals surface area (Å²) in [5.41, 5.74) is 0. The minimum absolute atomic E-state index is 0.121. The van der Waals surface area contributed by atoms with Gasteiger partial charge in [-0.1, -0.05) is 49.8 Å². The lowest BCUT2D eigenvalue weighted by Gasteiger charge is -2.30. The van der Waals surface area contributed by atoms with Crippen molar-refractivity contribution in [2.75, 3.05) is 13.7 Å². The number of ether oxygens (including phenoxy) is 2. The summed E-state index contributed by atoms with van der Waals surface area (Å²) in [7, 11) is 1.51. The zero-order chi connectivity index (χ0) is 19.4. The van der Waals surface area contributed by atoms with Gasteiger partial charge in [0.15, 0.2) is 0 Å². The fourth-order valence-corrected chi connectivity index (χ4v) is 4.05. The molecule has 1 aromatic rings. The van der Waals surface area contributed by atoms with Crippen LogP contribution >= 0.6 is 11.6 Å². The summed E-state index contributed by atoms with van der Waals surface area (Å²) < 4.78 is 10.9. The highest BCUT2D eigenvalue weighted by molar-refractivity contribution is 6.33. The molecule has 1 heterocycles. The van der Waals surface area contributed by atoms with Crippen molar-refractivity contribution in [3.05, 3.63) is 35.1 Å². The number of hydrogen-bond donors (Lipinski definition) is 1. The third-order valence-corrected chi connectivity index (χ3v) is 5.60. The number of methoxy groups -OCH3 is 1. The van der Waals surface area contributed by atoms with E-state index in [1.165, 1.54) is 24.5 Å². The number of carbonyl (C=O) groups is 2. The first kappa shape index (κ1) is 19.5. The van der Waals surface area contributed by atoms with Crippen LogP contribution in [0.3, 0.4) is 0 Å². The molecule has 146 valence electrons. The lowest BCUT2D eigenvalue weighted by Crippen LogP contribution is -2.44. The molecule has 1 saturated carbocycles. The number of carbonyl (C=O) groups excluding carboxylic acids is 1. The largest absolute Gasteiger partial charge is 0.495 e. The normalized spacial score (nSPS) is 19.0. The number of carboxylic acid groups (broad SMARTS) is 1. The Balaban J connectivity index is 1.69. The number of hydrogen-bond acceptors (Lipinski definition) is 4. The second kappa shape index (κ2) is 8.65. The molecule has 1 amide bonds. The lowest BCUT2D eigenvalue weighted by molar-refractivity contribution is -0.148. The van der Waals surface area contributed by atoms with Gasteiger partial charge in [0.2, 0.25) is 0 Å². The Hall–Kier alpha value is -2.21. The van der Waals surface area contributed by atoms with Gasteiger partial charge in [0.25, 0.3) is 5.91 Å². The van der Waals surface area contributed by atoms with Gasteiger partial charge in [-0.3, -0.25) is 4.79 Å². The molecule has 0 saturated heterocycles. The first-order chi connectivity index (χ1) is 13.0. The third kappa shape index (κ3) is 4.56. The Kier molecular flexibility index (Phi) is 6.26. The minimum atomic E-state index is -0.969. The second-order valence-electron chi connectivity index (χ2n) is 7.05. The predicted octanol–water partition coefficient (Wildman–Crippen LogP) is 3.88. The van der Waals surface area contributed by atoms with Crippen LogP contribution < -0.4 is 9.47 Å². The molecule has 0 radical (unpaired) electrons. The van der Waals surface area contributed by atoms with Gasteiger partial charge in [-0.05, 0) is 24.5 Å². The van der Waals surface area contributed by atoms with Crippen molar-refractivity contribution in [3.63, 3.8) is 0 Å². The molecule has 1 aliphatic carbocycles. The van der Waals surface area contributed by atoms with Gasteiger partial charge in [-0.25, -0.2) is 4.79 Å². The SMILES string of the molecule is COc1cccc(OC2=CC(=O)N([C@@H](CC3CCCCC3)C(=O)O)C2)c1Cl. The van der Waals surface area contributed by atoms with Crippen LogP contribution in [0, 0.1) is 5.92 Å². The van der Waals surface area contributed by atoms with Gasteiger partial charge >= 0.3 is 5.97 Å². The van der Waals surface area contributed by atoms with E-state index < -0.39 is 12.0 Å². The van der Waals surface area contributed by atoms with E-state index in [4.69, 9.17) is 21.1 Å². The summed E-state index contributed by atoms with van der Waals surface area (Å²) in [6.07, 6.45) is 7.36. The molecular formula is C20H24ClNO5. The molecule has 6 nitrogen and oxygen atoms in total. The van der Waals surface area contributed by atoms with Crippen LogP contribution in [0.4, 0.5) is 0 Å². The highest BCUT2D eigenvalue weighted by atomic mass is 35.5. The molecule has 1 aromatic carbocycles. The van der Waals surface area contributed by atoms with Gasteiger partial charge in [0, 0.05) is 6.08 Å². The van der Waals surface area contributed by atoms with Crippen LogP contribution in [0.15, 0.2) is 30.0 Å². The Morgan fingerprint density at radius 1 is 1.30 bits per heavy atom. The maximum atomic E-state index is 12.4. The van der Waals surface area contributed by atoms with E-state index in [9.17, 15) is 14.7 Å². The fraction of sp³-hybridized carbons (Fsp3) is 0.500. The van der Waals surface area contributed by atoms with E-state index in [2.05, 4.69) is 0 Å². The summed E-state index contributed by atoms with van der Waals surface area (Å²) >= 11 is 6.23. The number of amides is 1. The molecule has 1 aliphatic heterocycles. The van der Waals surface area contributed by atoms with Crippen LogP contribution in [-0.4, -0.2) is 41.6 Å². The van der Waals surface area contributed by atoms with Crippen molar-refractivity contribution >= 4 is 23.5 Å². The highest BCUT2D eigenvalue weighted by Gasteiger charge is 2.36. The van der Waals surface area contributed by atoms with Gasteiger partial charge in [0.05, 0.1) is 13.7 Å². The zero-order valence-corrected chi connectivity index (χ0v) is 16.1. The second-order valence-corrected chi connectivity index (χ2v) is 7.42. The minimum Gasteiger partial charge on any atom is -0.495 e. The van der Waals surface area contributed by atoms with Crippen LogP contribution in [-0.2, 0) is 9.59 Å². The molecule has 2 aliphatic rings. The van der Waals surface area contributed by atoms with Crippen LogP contribution in [0.2, 0.25) is 5.02 Å². The standard InChI is InChI=1S/C20H24ClNO5/c1-26-16-8-5-9-17(19(16)21)27-14-11-18(23)22(12-14)15(20(24)25)10-13-6-3-2-4-7-13/h5,8-9,11,13,15H,2-4,6-7,10,12H2,1H3,(H,24,25)/t15-/m0/s1. The number of carboxylic acids is 1. The number of halogens is 1. The Morgan fingerprint density at radius 2 is 2.00 bits per heavy atom. The van der Waals surface area contributed by atoms with E-state index in [-0.39, 0.29) is 12.5 Å². The molecule has 0 aromatic heterocycles. The zero-order valence-electron chi connectivity index (χ0n) is 15.3. The number of rotatable bonds is 7. The molecule has 27 heavy (non-hydrogen) atoms. The molecule has 1 atom stereocenters. The van der Waals surface area contributed by atoms with Crippen molar-refractivity contribution in [2.24, 2.45) is 5.92 Å². The maximum Gasteiger partial charge on any atom is 0.326 e. The quantitative estimate of drug-likeness (QED) is 0.760. The molecule has 3 rings (SSSR count). The molecule has 1 N–H and O–H groups in total. The van der Waals surface area contributed by atoms with Gasteiger partial charge in [0.1, 0.15) is 28.3 Å². The van der Waals surface area contributed by atoms with Gasteiger partial charge in [-0.2, -0.15) is 0 Å². The molecular weight excluding hydrogens is 370 g/mol. The van der Waals surface area contributed by atoms with E-state index in [1.54, 1.807) is 18.2 Å². The maximum absolute atomic E-state index is 12.4. The van der Waals surface area contributed by atoms with Gasteiger partial charge in [-0.15, -0.1) is 0 Å². The van der Waals surface area contributed by atoms with E-state index in [1.807, 2.05) is 0 Å². The van der Waals surface area contributed by atoms with Crippen LogP contribution in [0.25, 0.3) is 0 Å². The molecule has 1 fully saturated rings. The predicted molar refractivity (Wildman–Crippen MR) is 101 cm³/mol. The van der Waals surface area contributed by atoms with Crippen molar-refractivity contribution in [1.82, 2.24) is 4.90 Å². The summed E-state index contributed by atoms with van der Waals surface area (Å²) in [5.74, 6) is 0.262. The van der Waals surface area contributed by atoms with Crippen LogP contribution in [0.5, 0.6) is 11.5 Å². The van der Waals surface area contributed by atoms with E-state index in [0.29, 0.717) is 34.6 Å². The summed E-state index contributed by atoms with van der Waals surface area (Å²) in [6, 6.07) is 4.28. The molecule has 7 heteroatoms. The Bertz CT molecular complexity index is 742. The fourth-order valence-electron chi connectivity index (χ4n) is 3.81. The van der Waals surface area contributed by atoms with Crippen LogP contribution in [0.1, 0.15) is 38.5 Å². The number of nitrogens with zero attached hydrogens (tertiary/aromatic N) is 1. The smallest absolute Gasteiger partial charge is 0.326 e. The van der Waals surface area contributed by atoms with Crippen molar-refractivity contribution in [2.45, 2.75) is 44.6 Å². The van der Waals surface area contributed by atoms with Gasteiger partial charge < -0.3 is 19.5 Å². The van der Waals surface area contributed by atoms with E-state index >= 15 is 0 Å². The molecule has 0 spiro atoms. The molecule has 0 unspecified atom stereocenters. The van der Waals surface area contributed by atoms with Crippen molar-refractivity contribution in [3.8, 4) is 11.5 Å². The topological polar surface area (TPSA) is 76.1 Å². The summed E-state index contributed by atoms with van der Waals surface area (Å²) in [6.45, 7) is 0.121. The Labute approximate surface area is 163 Å². The lowest BCUT2D eigenvalue weighted by atomic mass is 9.84. The number of benzene rings is 1. The first-order valence-corrected chi connectivity index (χ1v) is 9.61. The Morgan fingerprint density at radius 3 is 2.67 bits per heavy atom. The first-order valence-electron chi connectivity index (χ1n) is 9.24. The average molecular weight is 394 g/mol.